The molecule has 1 saturated carbocycles. The Bertz CT molecular complexity index is 730. The van der Waals surface area contributed by atoms with E-state index in [2.05, 4.69) is 55.7 Å². The van der Waals surface area contributed by atoms with Crippen LogP contribution in [0.2, 0.25) is 0 Å². The molecule has 142 valence electrons. The van der Waals surface area contributed by atoms with Gasteiger partial charge in [0, 0.05) is 25.5 Å². The minimum absolute atomic E-state index is 0.482. The Morgan fingerprint density at radius 1 is 1.15 bits per heavy atom. The Morgan fingerprint density at radius 3 is 2.50 bits per heavy atom. The molecule has 1 aromatic heterocycles. The van der Waals surface area contributed by atoms with Crippen molar-refractivity contribution < 1.29 is 4.74 Å². The Morgan fingerprint density at radius 2 is 1.88 bits per heavy atom. The molecule has 0 amide bonds. The lowest BCUT2D eigenvalue weighted by molar-refractivity contribution is 0.200. The van der Waals surface area contributed by atoms with E-state index in [1.807, 2.05) is 0 Å². The van der Waals surface area contributed by atoms with Gasteiger partial charge in [0.2, 0.25) is 0 Å². The zero-order chi connectivity index (χ0) is 18.7. The molecule has 0 saturated heterocycles. The predicted octanol–water partition coefficient (Wildman–Crippen LogP) is 3.66. The second kappa shape index (κ2) is 8.31. The molecule has 0 atom stereocenters. The van der Waals surface area contributed by atoms with Crippen molar-refractivity contribution in [3.8, 4) is 5.69 Å². The van der Waals surface area contributed by atoms with Crippen LogP contribution >= 0.6 is 0 Å². The molecule has 5 nitrogen and oxygen atoms in total. The third kappa shape index (κ3) is 4.15. The van der Waals surface area contributed by atoms with E-state index < -0.39 is 0 Å². The van der Waals surface area contributed by atoms with Crippen LogP contribution < -0.4 is 0 Å². The fourth-order valence-electron chi connectivity index (χ4n) is 4.00. The number of hydrogen-bond acceptors (Lipinski definition) is 4. The Balaban J connectivity index is 1.91. The van der Waals surface area contributed by atoms with Crippen LogP contribution in [0.3, 0.4) is 0 Å². The van der Waals surface area contributed by atoms with E-state index in [-0.39, 0.29) is 0 Å². The van der Waals surface area contributed by atoms with Crippen LogP contribution in [0.25, 0.3) is 5.69 Å². The van der Waals surface area contributed by atoms with Gasteiger partial charge in [0.25, 0.3) is 0 Å². The standard InChI is InChI=1S/C21H32N4O/c1-15-6-11-19(16(2)14-15)25-21(22-20(23-25)12-13-26-5)17-7-9-18(10-8-17)24(3)4/h6,11,14,17-18H,7-10,12-13H2,1-5H3. The van der Waals surface area contributed by atoms with Crippen molar-refractivity contribution in [2.24, 2.45) is 0 Å². The number of aryl methyl sites for hydroxylation is 2. The molecule has 1 aliphatic carbocycles. The lowest BCUT2D eigenvalue weighted by Gasteiger charge is -2.32. The summed E-state index contributed by atoms with van der Waals surface area (Å²) < 4.78 is 7.33. The molecule has 1 fully saturated rings. The van der Waals surface area contributed by atoms with E-state index in [0.717, 1.165) is 23.8 Å². The van der Waals surface area contributed by atoms with Crippen molar-refractivity contribution in [1.82, 2.24) is 19.7 Å². The summed E-state index contributed by atoms with van der Waals surface area (Å²) in [7, 11) is 6.10. The van der Waals surface area contributed by atoms with Crippen LogP contribution in [0.15, 0.2) is 18.2 Å². The van der Waals surface area contributed by atoms with Crippen LogP contribution in [0.1, 0.15) is 54.4 Å². The number of benzene rings is 1. The van der Waals surface area contributed by atoms with Gasteiger partial charge in [-0.15, -0.1) is 0 Å². The molecule has 0 bridgehead atoms. The first-order valence-corrected chi connectivity index (χ1v) is 9.68. The van der Waals surface area contributed by atoms with Gasteiger partial charge >= 0.3 is 0 Å². The Kier molecular flexibility index (Phi) is 6.09. The summed E-state index contributed by atoms with van der Waals surface area (Å²) in [5.41, 5.74) is 3.67. The average Bonchev–Trinajstić information content (AvgIpc) is 3.04. The molecule has 3 rings (SSSR count). The Hall–Kier alpha value is -1.72. The van der Waals surface area contributed by atoms with Gasteiger partial charge in [-0.2, -0.15) is 5.10 Å². The Labute approximate surface area is 157 Å². The maximum atomic E-state index is 5.23. The predicted molar refractivity (Wildman–Crippen MR) is 105 cm³/mol. The van der Waals surface area contributed by atoms with Crippen molar-refractivity contribution in [2.45, 2.75) is 57.9 Å². The highest BCUT2D eigenvalue weighted by atomic mass is 16.5. The van der Waals surface area contributed by atoms with Crippen LogP contribution in [0.4, 0.5) is 0 Å². The van der Waals surface area contributed by atoms with Crippen molar-refractivity contribution in [3.05, 3.63) is 41.0 Å². The highest BCUT2D eigenvalue weighted by Crippen LogP contribution is 2.34. The van der Waals surface area contributed by atoms with Crippen LogP contribution in [-0.2, 0) is 11.2 Å². The number of aromatic nitrogens is 3. The third-order valence-corrected chi connectivity index (χ3v) is 5.58. The fraction of sp³-hybridized carbons (Fsp3) is 0.619. The smallest absolute Gasteiger partial charge is 0.153 e. The maximum Gasteiger partial charge on any atom is 0.153 e. The van der Waals surface area contributed by atoms with Gasteiger partial charge in [-0.1, -0.05) is 17.7 Å². The lowest BCUT2D eigenvalue weighted by Crippen LogP contribution is -2.32. The number of ether oxygens (including phenoxy) is 1. The van der Waals surface area contributed by atoms with Gasteiger partial charge in [-0.05, 0) is 65.3 Å². The highest BCUT2D eigenvalue weighted by molar-refractivity contribution is 5.42. The van der Waals surface area contributed by atoms with E-state index in [9.17, 15) is 0 Å². The molecule has 5 heteroatoms. The molecule has 0 N–H and O–H groups in total. The zero-order valence-electron chi connectivity index (χ0n) is 16.8. The summed E-state index contributed by atoms with van der Waals surface area (Å²) in [6, 6.07) is 7.25. The van der Waals surface area contributed by atoms with Gasteiger partial charge < -0.3 is 9.64 Å². The van der Waals surface area contributed by atoms with Crippen molar-refractivity contribution in [3.63, 3.8) is 0 Å². The van der Waals surface area contributed by atoms with E-state index in [1.54, 1.807) is 7.11 Å². The monoisotopic (exact) mass is 356 g/mol. The number of nitrogens with zero attached hydrogens (tertiary/aromatic N) is 4. The van der Waals surface area contributed by atoms with E-state index in [4.69, 9.17) is 14.8 Å². The molecule has 26 heavy (non-hydrogen) atoms. The third-order valence-electron chi connectivity index (χ3n) is 5.58. The second-order valence-electron chi connectivity index (χ2n) is 7.80. The van der Waals surface area contributed by atoms with Crippen LogP contribution in [-0.4, -0.2) is 53.5 Å². The molecule has 0 spiro atoms. The van der Waals surface area contributed by atoms with E-state index in [1.165, 1.54) is 36.8 Å². The van der Waals surface area contributed by atoms with Gasteiger partial charge in [-0.25, -0.2) is 9.67 Å². The van der Waals surface area contributed by atoms with Gasteiger partial charge in [0.05, 0.1) is 12.3 Å². The summed E-state index contributed by atoms with van der Waals surface area (Å²) in [5.74, 6) is 2.49. The molecule has 1 aliphatic rings. The minimum atomic E-state index is 0.482. The second-order valence-corrected chi connectivity index (χ2v) is 7.80. The summed E-state index contributed by atoms with van der Waals surface area (Å²) in [6.07, 6.45) is 5.57. The molecule has 1 heterocycles. The van der Waals surface area contributed by atoms with E-state index in [0.29, 0.717) is 18.6 Å². The number of hydrogen-bond donors (Lipinski definition) is 0. The maximum absolute atomic E-state index is 5.23. The van der Waals surface area contributed by atoms with E-state index >= 15 is 0 Å². The minimum Gasteiger partial charge on any atom is -0.384 e. The zero-order valence-corrected chi connectivity index (χ0v) is 16.8. The largest absolute Gasteiger partial charge is 0.384 e. The van der Waals surface area contributed by atoms with Crippen molar-refractivity contribution in [2.75, 3.05) is 27.8 Å². The summed E-state index contributed by atoms with van der Waals surface area (Å²) >= 11 is 0. The first kappa shape index (κ1) is 19.1. The number of methoxy groups -OCH3 is 1. The highest BCUT2D eigenvalue weighted by Gasteiger charge is 2.28. The van der Waals surface area contributed by atoms with Gasteiger partial charge in [0.1, 0.15) is 5.82 Å². The van der Waals surface area contributed by atoms with Gasteiger partial charge in [-0.3, -0.25) is 0 Å². The molecule has 0 radical (unpaired) electrons. The first-order valence-electron chi connectivity index (χ1n) is 9.68. The average molecular weight is 357 g/mol. The van der Waals surface area contributed by atoms with Crippen molar-refractivity contribution >= 4 is 0 Å². The molecule has 2 aromatic rings. The molecule has 0 unspecified atom stereocenters. The van der Waals surface area contributed by atoms with Crippen LogP contribution in [0, 0.1) is 13.8 Å². The first-order chi connectivity index (χ1) is 12.5. The lowest BCUT2D eigenvalue weighted by atomic mass is 9.85. The summed E-state index contributed by atoms with van der Waals surface area (Å²) in [5, 5.41) is 4.85. The SMILES string of the molecule is COCCc1nc(C2CCC(N(C)C)CC2)n(-c2ccc(C)cc2C)n1. The normalized spacial score (nSPS) is 20.7. The van der Waals surface area contributed by atoms with Gasteiger partial charge in [0.15, 0.2) is 5.82 Å². The summed E-state index contributed by atoms with van der Waals surface area (Å²) in [6.45, 7) is 4.95. The molecular weight excluding hydrogens is 324 g/mol. The molecule has 0 aliphatic heterocycles. The van der Waals surface area contributed by atoms with Crippen molar-refractivity contribution in [1.29, 1.82) is 0 Å². The number of rotatable bonds is 6. The summed E-state index contributed by atoms with van der Waals surface area (Å²) in [4.78, 5) is 7.30. The fourth-order valence-corrected chi connectivity index (χ4v) is 4.00. The quantitative estimate of drug-likeness (QED) is 0.792. The molecule has 1 aromatic carbocycles. The molecular formula is C21H32N4O. The topological polar surface area (TPSA) is 43.2 Å². The van der Waals surface area contributed by atoms with Crippen LogP contribution in [0.5, 0.6) is 0 Å².